The summed E-state index contributed by atoms with van der Waals surface area (Å²) >= 11 is 0. The van der Waals surface area contributed by atoms with Gasteiger partial charge in [0.2, 0.25) is 5.75 Å². The van der Waals surface area contributed by atoms with Crippen molar-refractivity contribution < 1.29 is 25.2 Å². The number of hydrogen-bond acceptors (Lipinski definition) is 5. The normalized spacial score (nSPS) is 10.8. The van der Waals surface area contributed by atoms with Crippen molar-refractivity contribution in [2.75, 3.05) is 0 Å². The van der Waals surface area contributed by atoms with Crippen LogP contribution in [-0.2, 0) is 25.7 Å². The van der Waals surface area contributed by atoms with Crippen molar-refractivity contribution in [2.45, 2.75) is 25.7 Å². The van der Waals surface area contributed by atoms with E-state index in [2.05, 4.69) is 0 Å². The van der Waals surface area contributed by atoms with E-state index < -0.39 is 0 Å². The SMILES string of the molecule is Oc1ccc(CCc2cccc(Oc3cc(CCc4cccc(O)c4)cc(O)c3O)c2)cc1. The molecule has 5 heteroatoms. The first kappa shape index (κ1) is 22.1. The highest BCUT2D eigenvalue weighted by Gasteiger charge is 2.12. The van der Waals surface area contributed by atoms with Crippen molar-refractivity contribution >= 4 is 0 Å². The van der Waals surface area contributed by atoms with Crippen molar-refractivity contribution in [3.63, 3.8) is 0 Å². The van der Waals surface area contributed by atoms with Gasteiger partial charge in [0.1, 0.15) is 17.2 Å². The van der Waals surface area contributed by atoms with Crippen LogP contribution in [-0.4, -0.2) is 20.4 Å². The van der Waals surface area contributed by atoms with Crippen LogP contribution in [0.2, 0.25) is 0 Å². The molecule has 0 spiro atoms. The largest absolute Gasteiger partial charge is 0.508 e. The minimum absolute atomic E-state index is 0.191. The Morgan fingerprint density at radius 1 is 0.515 bits per heavy atom. The predicted molar refractivity (Wildman–Crippen MR) is 127 cm³/mol. The van der Waals surface area contributed by atoms with Gasteiger partial charge in [0.15, 0.2) is 11.5 Å². The van der Waals surface area contributed by atoms with Crippen LogP contribution in [0.5, 0.6) is 34.5 Å². The summed E-state index contributed by atoms with van der Waals surface area (Å²) in [4.78, 5) is 0. The van der Waals surface area contributed by atoms with Crippen LogP contribution in [0.1, 0.15) is 22.3 Å². The average Bonchev–Trinajstić information content (AvgIpc) is 2.81. The molecule has 0 unspecified atom stereocenters. The summed E-state index contributed by atoms with van der Waals surface area (Å²) < 4.78 is 5.93. The quantitative estimate of drug-likeness (QED) is 0.256. The molecule has 0 aromatic heterocycles. The van der Waals surface area contributed by atoms with Crippen molar-refractivity contribution in [1.29, 1.82) is 0 Å². The van der Waals surface area contributed by atoms with Crippen LogP contribution in [0.25, 0.3) is 0 Å². The van der Waals surface area contributed by atoms with Crippen LogP contribution in [0.3, 0.4) is 0 Å². The number of benzene rings is 4. The predicted octanol–water partition coefficient (Wildman–Crippen LogP) is 5.87. The van der Waals surface area contributed by atoms with Gasteiger partial charge in [-0.2, -0.15) is 0 Å². The standard InChI is InChI=1S/C28H26O5/c29-23-13-11-19(12-14-23)7-8-21-4-2-6-25(16-21)33-27-18-22(17-26(31)28(27)32)10-9-20-3-1-5-24(30)15-20/h1-6,11-18,29-32H,7-10H2. The summed E-state index contributed by atoms with van der Waals surface area (Å²) in [5.74, 6) is 0.693. The summed E-state index contributed by atoms with van der Waals surface area (Å²) in [6, 6.07) is 25.1. The maximum absolute atomic E-state index is 10.3. The molecule has 0 amide bonds. The molecule has 0 atom stereocenters. The molecule has 0 aliphatic carbocycles. The second kappa shape index (κ2) is 10.0. The minimum Gasteiger partial charge on any atom is -0.508 e. The van der Waals surface area contributed by atoms with Gasteiger partial charge in [-0.1, -0.05) is 36.4 Å². The number of aryl methyl sites for hydroxylation is 4. The molecule has 0 saturated carbocycles. The zero-order valence-electron chi connectivity index (χ0n) is 18.1. The lowest BCUT2D eigenvalue weighted by molar-refractivity contribution is 0.372. The van der Waals surface area contributed by atoms with E-state index in [1.165, 1.54) is 6.07 Å². The van der Waals surface area contributed by atoms with Gasteiger partial charge in [0.25, 0.3) is 0 Å². The average molecular weight is 443 g/mol. The van der Waals surface area contributed by atoms with Crippen molar-refractivity contribution in [3.05, 3.63) is 107 Å². The Bertz CT molecular complexity index is 1230. The van der Waals surface area contributed by atoms with Crippen LogP contribution in [0, 0.1) is 0 Å². The second-order valence-corrected chi connectivity index (χ2v) is 8.05. The van der Waals surface area contributed by atoms with E-state index in [0.717, 1.165) is 35.1 Å². The van der Waals surface area contributed by atoms with E-state index in [1.54, 1.807) is 42.5 Å². The first-order valence-corrected chi connectivity index (χ1v) is 10.8. The Kier molecular flexibility index (Phi) is 6.69. The van der Waals surface area contributed by atoms with E-state index >= 15 is 0 Å². The zero-order chi connectivity index (χ0) is 23.2. The third-order valence-electron chi connectivity index (χ3n) is 5.49. The summed E-state index contributed by atoms with van der Waals surface area (Å²) in [6.45, 7) is 0. The smallest absolute Gasteiger partial charge is 0.201 e. The Morgan fingerprint density at radius 2 is 1.15 bits per heavy atom. The highest BCUT2D eigenvalue weighted by Crippen LogP contribution is 2.39. The van der Waals surface area contributed by atoms with Gasteiger partial charge < -0.3 is 25.2 Å². The summed E-state index contributed by atoms with van der Waals surface area (Å²) in [5.41, 5.74) is 3.99. The van der Waals surface area contributed by atoms with Gasteiger partial charge >= 0.3 is 0 Å². The van der Waals surface area contributed by atoms with Gasteiger partial charge in [-0.15, -0.1) is 0 Å². The topological polar surface area (TPSA) is 90.2 Å². The maximum atomic E-state index is 10.3. The van der Waals surface area contributed by atoms with Gasteiger partial charge in [0.05, 0.1) is 0 Å². The molecular formula is C28H26O5. The monoisotopic (exact) mass is 442 g/mol. The Balaban J connectivity index is 1.45. The molecule has 0 fully saturated rings. The van der Waals surface area contributed by atoms with Gasteiger partial charge in [-0.25, -0.2) is 0 Å². The second-order valence-electron chi connectivity index (χ2n) is 8.05. The molecule has 0 aliphatic heterocycles. The van der Waals surface area contributed by atoms with Gasteiger partial charge in [-0.3, -0.25) is 0 Å². The number of ether oxygens (including phenoxy) is 1. The third kappa shape index (κ3) is 5.98. The van der Waals surface area contributed by atoms with Crippen LogP contribution in [0.15, 0.2) is 84.9 Å². The zero-order valence-corrected chi connectivity index (χ0v) is 18.1. The molecule has 4 rings (SSSR count). The van der Waals surface area contributed by atoms with Crippen LogP contribution < -0.4 is 4.74 Å². The summed E-state index contributed by atoms with van der Waals surface area (Å²) in [5, 5.41) is 39.6. The molecule has 0 radical (unpaired) electrons. The Morgan fingerprint density at radius 3 is 1.88 bits per heavy atom. The fourth-order valence-corrected chi connectivity index (χ4v) is 3.71. The van der Waals surface area contributed by atoms with Gasteiger partial charge in [-0.05, 0) is 96.5 Å². The molecule has 5 nitrogen and oxygen atoms in total. The number of phenolic OH excluding ortho intramolecular Hbond substituents is 4. The van der Waals surface area contributed by atoms with E-state index in [0.29, 0.717) is 18.6 Å². The molecule has 4 N–H and O–H groups in total. The highest BCUT2D eigenvalue weighted by molar-refractivity contribution is 5.53. The van der Waals surface area contributed by atoms with Gasteiger partial charge in [0, 0.05) is 0 Å². The van der Waals surface area contributed by atoms with Crippen LogP contribution >= 0.6 is 0 Å². The molecule has 4 aromatic carbocycles. The Hall–Kier alpha value is -4.12. The number of phenols is 4. The van der Waals surface area contributed by atoms with Crippen molar-refractivity contribution in [3.8, 4) is 34.5 Å². The molecule has 0 aliphatic rings. The van der Waals surface area contributed by atoms with E-state index in [9.17, 15) is 20.4 Å². The lowest BCUT2D eigenvalue weighted by Gasteiger charge is -2.12. The van der Waals surface area contributed by atoms with E-state index in [4.69, 9.17) is 4.74 Å². The fraction of sp³-hybridized carbons (Fsp3) is 0.143. The first-order valence-electron chi connectivity index (χ1n) is 10.8. The molecule has 0 bridgehead atoms. The highest BCUT2D eigenvalue weighted by atomic mass is 16.5. The van der Waals surface area contributed by atoms with E-state index in [1.807, 2.05) is 36.4 Å². The fourth-order valence-electron chi connectivity index (χ4n) is 3.71. The lowest BCUT2D eigenvalue weighted by atomic mass is 10.0. The molecule has 168 valence electrons. The molecular weight excluding hydrogens is 416 g/mol. The number of aromatic hydroxyl groups is 4. The lowest BCUT2D eigenvalue weighted by Crippen LogP contribution is -1.95. The van der Waals surface area contributed by atoms with Crippen molar-refractivity contribution in [1.82, 2.24) is 0 Å². The maximum Gasteiger partial charge on any atom is 0.201 e. The number of hydrogen-bond donors (Lipinski definition) is 4. The molecule has 4 aromatic rings. The van der Waals surface area contributed by atoms with Crippen LogP contribution in [0.4, 0.5) is 0 Å². The molecule has 0 saturated heterocycles. The molecule has 33 heavy (non-hydrogen) atoms. The third-order valence-corrected chi connectivity index (χ3v) is 5.49. The number of rotatable bonds is 8. The molecule has 0 heterocycles. The minimum atomic E-state index is -0.300. The summed E-state index contributed by atoms with van der Waals surface area (Å²) in [6.07, 6.45) is 2.90. The van der Waals surface area contributed by atoms with Crippen molar-refractivity contribution in [2.24, 2.45) is 0 Å². The Labute approximate surface area is 192 Å². The first-order chi connectivity index (χ1) is 16.0. The van der Waals surface area contributed by atoms with E-state index in [-0.39, 0.29) is 28.7 Å². The summed E-state index contributed by atoms with van der Waals surface area (Å²) in [7, 11) is 0.